The Hall–Kier alpha value is -1.12. The summed E-state index contributed by atoms with van der Waals surface area (Å²) in [5.41, 5.74) is 1.14. The van der Waals surface area contributed by atoms with Gasteiger partial charge in [-0.15, -0.1) is 0 Å². The quantitative estimate of drug-likeness (QED) is 0.715. The molecule has 17 heavy (non-hydrogen) atoms. The Kier molecular flexibility index (Phi) is 1.74. The molecular formula is C15H16O2. The second-order valence-electron chi connectivity index (χ2n) is 5.65. The maximum atomic E-state index is 10.6. The number of fused-ring (bicyclic) bond motifs is 1. The van der Waals surface area contributed by atoms with Gasteiger partial charge in [0.25, 0.3) is 0 Å². The zero-order valence-electron chi connectivity index (χ0n) is 9.53. The van der Waals surface area contributed by atoms with E-state index in [-0.39, 0.29) is 11.3 Å². The molecule has 1 aromatic rings. The van der Waals surface area contributed by atoms with E-state index in [4.69, 9.17) is 0 Å². The van der Waals surface area contributed by atoms with Crippen molar-refractivity contribution in [2.75, 3.05) is 0 Å². The highest BCUT2D eigenvalue weighted by Crippen LogP contribution is 2.72. The molecule has 0 heterocycles. The van der Waals surface area contributed by atoms with Gasteiger partial charge in [-0.05, 0) is 23.8 Å². The number of allylic oxidation sites excluding steroid dienone is 1. The summed E-state index contributed by atoms with van der Waals surface area (Å²) in [6, 6.07) is 10.3. The summed E-state index contributed by atoms with van der Waals surface area (Å²) in [6.45, 7) is 0. The van der Waals surface area contributed by atoms with E-state index >= 15 is 0 Å². The summed E-state index contributed by atoms with van der Waals surface area (Å²) in [4.78, 5) is 0. The van der Waals surface area contributed by atoms with E-state index < -0.39 is 12.2 Å². The molecule has 88 valence electrons. The topological polar surface area (TPSA) is 40.5 Å². The predicted octanol–water partition coefficient (Wildman–Crippen LogP) is 1.48. The summed E-state index contributed by atoms with van der Waals surface area (Å²) in [5, 5.41) is 20.6. The van der Waals surface area contributed by atoms with Crippen molar-refractivity contribution in [3.8, 4) is 0 Å². The molecule has 4 aliphatic rings. The molecule has 2 N–H and O–H groups in total. The van der Waals surface area contributed by atoms with Crippen LogP contribution in [-0.2, 0) is 5.41 Å². The van der Waals surface area contributed by atoms with Crippen LogP contribution in [-0.4, -0.2) is 22.4 Å². The number of rotatable bonds is 1. The Balaban J connectivity index is 1.85. The zero-order valence-corrected chi connectivity index (χ0v) is 9.53. The van der Waals surface area contributed by atoms with Gasteiger partial charge in [-0.25, -0.2) is 0 Å². The van der Waals surface area contributed by atoms with Gasteiger partial charge in [-0.1, -0.05) is 42.5 Å². The van der Waals surface area contributed by atoms with Gasteiger partial charge in [0, 0.05) is 11.3 Å². The van der Waals surface area contributed by atoms with Crippen LogP contribution < -0.4 is 0 Å². The van der Waals surface area contributed by atoms with Gasteiger partial charge in [0.2, 0.25) is 0 Å². The van der Waals surface area contributed by atoms with Crippen LogP contribution >= 0.6 is 0 Å². The number of hydrogen-bond acceptors (Lipinski definition) is 2. The lowest BCUT2D eigenvalue weighted by molar-refractivity contribution is 0.0311. The fourth-order valence-electron chi connectivity index (χ4n) is 4.35. The number of aliphatic hydroxyl groups excluding tert-OH is 2. The fourth-order valence-corrected chi connectivity index (χ4v) is 4.35. The van der Waals surface area contributed by atoms with Crippen LogP contribution in [0.3, 0.4) is 0 Å². The summed E-state index contributed by atoms with van der Waals surface area (Å²) in [7, 11) is 0. The van der Waals surface area contributed by atoms with Crippen molar-refractivity contribution in [1.82, 2.24) is 0 Å². The Morgan fingerprint density at radius 1 is 1.06 bits per heavy atom. The normalized spacial score (nSPS) is 50.1. The maximum absolute atomic E-state index is 10.6. The highest BCUT2D eigenvalue weighted by atomic mass is 16.3. The van der Waals surface area contributed by atoms with Crippen LogP contribution in [0.2, 0.25) is 0 Å². The molecule has 2 saturated carbocycles. The van der Waals surface area contributed by atoms with Crippen molar-refractivity contribution in [3.05, 3.63) is 48.0 Å². The van der Waals surface area contributed by atoms with Crippen molar-refractivity contribution >= 4 is 0 Å². The van der Waals surface area contributed by atoms with Gasteiger partial charge in [0.1, 0.15) is 0 Å². The average molecular weight is 228 g/mol. The highest BCUT2D eigenvalue weighted by Gasteiger charge is 2.74. The predicted molar refractivity (Wildman–Crippen MR) is 64.4 cm³/mol. The molecule has 1 aromatic carbocycles. The fraction of sp³-hybridized carbons (Fsp3) is 0.467. The number of hydrogen-bond donors (Lipinski definition) is 2. The number of aliphatic hydroxyl groups is 2. The third kappa shape index (κ3) is 0.992. The second-order valence-corrected chi connectivity index (χ2v) is 5.65. The van der Waals surface area contributed by atoms with Crippen LogP contribution in [0.5, 0.6) is 0 Å². The first-order valence-electron chi connectivity index (χ1n) is 6.36. The Labute approximate surface area is 101 Å². The summed E-state index contributed by atoms with van der Waals surface area (Å²) in [5.74, 6) is 0.974. The molecule has 0 saturated heterocycles. The molecule has 4 aliphatic carbocycles. The van der Waals surface area contributed by atoms with Crippen molar-refractivity contribution in [2.24, 2.45) is 17.8 Å². The smallest absolute Gasteiger partial charge is 0.0774 e. The monoisotopic (exact) mass is 228 g/mol. The molecule has 2 fully saturated rings. The Morgan fingerprint density at radius 2 is 1.82 bits per heavy atom. The highest BCUT2D eigenvalue weighted by molar-refractivity contribution is 5.46. The van der Waals surface area contributed by atoms with Gasteiger partial charge in [0.05, 0.1) is 12.2 Å². The van der Waals surface area contributed by atoms with Gasteiger partial charge < -0.3 is 10.2 Å². The van der Waals surface area contributed by atoms with Crippen LogP contribution in [0.1, 0.15) is 12.0 Å². The van der Waals surface area contributed by atoms with Crippen LogP contribution in [0.4, 0.5) is 0 Å². The lowest BCUT2D eigenvalue weighted by atomic mass is 9.84. The van der Waals surface area contributed by atoms with E-state index in [0.29, 0.717) is 11.8 Å². The molecular weight excluding hydrogens is 212 g/mol. The van der Waals surface area contributed by atoms with E-state index in [9.17, 15) is 10.2 Å². The molecule has 0 aromatic heterocycles. The molecule has 2 nitrogen and oxygen atoms in total. The molecule has 6 atom stereocenters. The first-order valence-corrected chi connectivity index (χ1v) is 6.36. The van der Waals surface area contributed by atoms with Gasteiger partial charge in [0.15, 0.2) is 0 Å². The van der Waals surface area contributed by atoms with Crippen molar-refractivity contribution < 1.29 is 10.2 Å². The molecule has 0 radical (unpaired) electrons. The van der Waals surface area contributed by atoms with Crippen LogP contribution in [0.15, 0.2) is 42.5 Å². The SMILES string of the molecule is OC1C=CC2C3CC1C(O)C23c1ccccc1. The van der Waals surface area contributed by atoms with E-state index in [1.807, 2.05) is 24.3 Å². The minimum Gasteiger partial charge on any atom is -0.392 e. The van der Waals surface area contributed by atoms with Crippen molar-refractivity contribution in [1.29, 1.82) is 0 Å². The first kappa shape index (κ1) is 9.86. The molecule has 4 bridgehead atoms. The maximum Gasteiger partial charge on any atom is 0.0774 e. The van der Waals surface area contributed by atoms with E-state index in [2.05, 4.69) is 18.2 Å². The van der Waals surface area contributed by atoms with E-state index in [1.165, 1.54) is 5.56 Å². The zero-order chi connectivity index (χ0) is 11.6. The molecule has 5 rings (SSSR count). The average Bonchev–Trinajstić information content (AvgIpc) is 2.97. The van der Waals surface area contributed by atoms with Gasteiger partial charge in [-0.3, -0.25) is 0 Å². The van der Waals surface area contributed by atoms with Crippen molar-refractivity contribution in [3.63, 3.8) is 0 Å². The molecule has 0 amide bonds. The summed E-state index contributed by atoms with van der Waals surface area (Å²) in [6.07, 6.45) is 4.10. The Bertz CT molecular complexity index is 481. The lowest BCUT2D eigenvalue weighted by Gasteiger charge is -2.26. The number of benzene rings is 1. The summed E-state index contributed by atoms with van der Waals surface area (Å²) < 4.78 is 0. The minimum atomic E-state index is -0.467. The molecule has 0 aliphatic heterocycles. The standard InChI is InChI=1S/C15H16O2/c16-13-7-6-11-12-8-10(13)14(17)15(11,12)9-4-2-1-3-5-9/h1-7,10-14,16-17H,8H2. The molecule has 0 spiro atoms. The minimum absolute atomic E-state index is 0.0233. The third-order valence-corrected chi connectivity index (χ3v) is 5.14. The van der Waals surface area contributed by atoms with Gasteiger partial charge >= 0.3 is 0 Å². The van der Waals surface area contributed by atoms with E-state index in [1.54, 1.807) is 0 Å². The van der Waals surface area contributed by atoms with Crippen LogP contribution in [0.25, 0.3) is 0 Å². The van der Waals surface area contributed by atoms with Crippen molar-refractivity contribution in [2.45, 2.75) is 24.0 Å². The van der Waals surface area contributed by atoms with Crippen LogP contribution in [0, 0.1) is 17.8 Å². The Morgan fingerprint density at radius 3 is 2.59 bits per heavy atom. The molecule has 2 heteroatoms. The third-order valence-electron chi connectivity index (χ3n) is 5.14. The largest absolute Gasteiger partial charge is 0.392 e. The first-order chi connectivity index (χ1) is 8.26. The van der Waals surface area contributed by atoms with Gasteiger partial charge in [-0.2, -0.15) is 0 Å². The van der Waals surface area contributed by atoms with E-state index in [0.717, 1.165) is 6.42 Å². The lowest BCUT2D eigenvalue weighted by Crippen LogP contribution is -2.35. The molecule has 6 unspecified atom stereocenters. The second kappa shape index (κ2) is 3.01. The summed E-state index contributed by atoms with van der Waals surface area (Å²) >= 11 is 0.